The van der Waals surface area contributed by atoms with E-state index in [1.54, 1.807) is 0 Å². The van der Waals surface area contributed by atoms with E-state index in [4.69, 9.17) is 0 Å². The summed E-state index contributed by atoms with van der Waals surface area (Å²) in [6.07, 6.45) is 1.84. The number of nitrogens with zero attached hydrogens (tertiary/aromatic N) is 5. The Bertz CT molecular complexity index is 922. The number of rotatable bonds is 8. The van der Waals surface area contributed by atoms with Crippen molar-refractivity contribution < 1.29 is 0 Å². The molecule has 150 valence electrons. The zero-order valence-electron chi connectivity index (χ0n) is 17.7. The van der Waals surface area contributed by atoms with Crippen LogP contribution in [-0.2, 0) is 7.05 Å². The molecule has 0 saturated heterocycles. The number of benzene rings is 1. The summed E-state index contributed by atoms with van der Waals surface area (Å²) in [5.41, 5.74) is 3.04. The topological polar surface area (TPSA) is 70.9 Å². The van der Waals surface area contributed by atoms with Crippen LogP contribution in [0.1, 0.15) is 33.3 Å². The van der Waals surface area contributed by atoms with Crippen molar-refractivity contribution in [2.24, 2.45) is 7.05 Å². The van der Waals surface area contributed by atoms with E-state index in [-0.39, 0.29) is 0 Å². The first-order valence-electron chi connectivity index (χ1n) is 9.88. The van der Waals surface area contributed by atoms with E-state index < -0.39 is 0 Å². The zero-order chi connectivity index (χ0) is 20.3. The molecule has 0 aliphatic rings. The Balaban J connectivity index is 1.71. The smallest absolute Gasteiger partial charge is 0.231 e. The maximum absolute atomic E-state index is 4.66. The van der Waals surface area contributed by atoms with Gasteiger partial charge in [-0.1, -0.05) is 12.1 Å². The minimum atomic E-state index is 0.517. The van der Waals surface area contributed by atoms with Gasteiger partial charge in [-0.15, -0.1) is 0 Å². The predicted octanol–water partition coefficient (Wildman–Crippen LogP) is 3.95. The van der Waals surface area contributed by atoms with Gasteiger partial charge in [-0.2, -0.15) is 4.98 Å². The molecular weight excluding hydrogens is 350 g/mol. The number of aryl methyl sites for hydroxylation is 2. The van der Waals surface area contributed by atoms with Gasteiger partial charge in [0.15, 0.2) is 0 Å². The highest BCUT2D eigenvalue weighted by atomic mass is 15.3. The minimum absolute atomic E-state index is 0.517. The van der Waals surface area contributed by atoms with E-state index in [2.05, 4.69) is 58.2 Å². The number of hydrogen-bond donors (Lipinski definition) is 2. The largest absolute Gasteiger partial charge is 0.368 e. The molecule has 0 radical (unpaired) electrons. The maximum Gasteiger partial charge on any atom is 0.231 e. The summed E-state index contributed by atoms with van der Waals surface area (Å²) in [6, 6.07) is 9.08. The van der Waals surface area contributed by atoms with Gasteiger partial charge in [0.05, 0.1) is 11.0 Å². The Labute approximate surface area is 167 Å². The minimum Gasteiger partial charge on any atom is -0.368 e. The normalized spacial score (nSPS) is 11.8. The molecule has 7 heteroatoms. The first-order valence-corrected chi connectivity index (χ1v) is 9.88. The van der Waals surface area contributed by atoms with Crippen LogP contribution in [0.25, 0.3) is 11.0 Å². The summed E-state index contributed by atoms with van der Waals surface area (Å²) in [4.78, 5) is 16.2. The molecule has 3 aromatic rings. The van der Waals surface area contributed by atoms with Crippen LogP contribution >= 0.6 is 0 Å². The lowest BCUT2D eigenvalue weighted by atomic mass is 10.2. The van der Waals surface area contributed by atoms with E-state index in [0.29, 0.717) is 18.0 Å². The van der Waals surface area contributed by atoms with Gasteiger partial charge in [-0.25, -0.2) is 9.97 Å². The lowest BCUT2D eigenvalue weighted by Crippen LogP contribution is -2.40. The number of hydrogen-bond acceptors (Lipinski definition) is 6. The van der Waals surface area contributed by atoms with Crippen molar-refractivity contribution in [1.29, 1.82) is 0 Å². The molecular formula is C21H31N7. The molecule has 0 aliphatic carbocycles. The summed E-state index contributed by atoms with van der Waals surface area (Å²) in [7, 11) is 1.98. The molecule has 0 amide bonds. The lowest BCUT2D eigenvalue weighted by molar-refractivity contribution is 0.182. The van der Waals surface area contributed by atoms with Crippen molar-refractivity contribution >= 4 is 28.7 Å². The standard InChI is InChI=1S/C21H31N7/c1-14(2)28(15(3)4)12-11-22-19-16(5)13-23-20(25-19)26-21-24-17-9-7-8-10-18(17)27(21)6/h7-10,13-15H,11-12H2,1-6H3,(H2,22,23,24,25,26). The first-order chi connectivity index (χ1) is 13.4. The summed E-state index contributed by atoms with van der Waals surface area (Å²) in [5.74, 6) is 2.11. The van der Waals surface area contributed by atoms with E-state index in [0.717, 1.165) is 41.5 Å². The van der Waals surface area contributed by atoms with Crippen molar-refractivity contribution in [1.82, 2.24) is 24.4 Å². The van der Waals surface area contributed by atoms with Crippen LogP contribution in [0.4, 0.5) is 17.7 Å². The van der Waals surface area contributed by atoms with Crippen molar-refractivity contribution in [3.05, 3.63) is 36.0 Å². The van der Waals surface area contributed by atoms with Gasteiger partial charge in [-0.05, 0) is 46.8 Å². The second kappa shape index (κ2) is 8.56. The third kappa shape index (κ3) is 4.42. The molecule has 0 unspecified atom stereocenters. The highest BCUT2D eigenvalue weighted by molar-refractivity contribution is 5.79. The Kier molecular flexibility index (Phi) is 6.14. The van der Waals surface area contributed by atoms with Crippen molar-refractivity contribution in [3.63, 3.8) is 0 Å². The molecule has 0 atom stereocenters. The van der Waals surface area contributed by atoms with Crippen molar-refractivity contribution in [2.45, 2.75) is 46.7 Å². The summed E-state index contributed by atoms with van der Waals surface area (Å²) in [6.45, 7) is 12.7. The highest BCUT2D eigenvalue weighted by Crippen LogP contribution is 2.21. The van der Waals surface area contributed by atoms with Gasteiger partial charge in [-0.3, -0.25) is 10.2 Å². The van der Waals surface area contributed by atoms with E-state index in [1.807, 2.05) is 49.0 Å². The molecule has 0 fully saturated rings. The van der Waals surface area contributed by atoms with Gasteiger partial charge in [0.2, 0.25) is 11.9 Å². The number of fused-ring (bicyclic) bond motifs is 1. The summed E-state index contributed by atoms with van der Waals surface area (Å²) >= 11 is 0. The van der Waals surface area contributed by atoms with Crippen LogP contribution in [-0.4, -0.2) is 49.6 Å². The van der Waals surface area contributed by atoms with E-state index in [9.17, 15) is 0 Å². The lowest BCUT2D eigenvalue weighted by Gasteiger charge is -2.30. The fraction of sp³-hybridized carbons (Fsp3) is 0.476. The average Bonchev–Trinajstić information content (AvgIpc) is 2.96. The second-order valence-corrected chi connectivity index (χ2v) is 7.69. The fourth-order valence-electron chi connectivity index (χ4n) is 3.45. The molecule has 2 N–H and O–H groups in total. The molecule has 1 aromatic carbocycles. The highest BCUT2D eigenvalue weighted by Gasteiger charge is 2.13. The third-order valence-corrected chi connectivity index (χ3v) is 4.97. The number of para-hydroxylation sites is 2. The molecule has 0 spiro atoms. The predicted molar refractivity (Wildman–Crippen MR) is 116 cm³/mol. The van der Waals surface area contributed by atoms with Crippen LogP contribution in [0, 0.1) is 6.92 Å². The van der Waals surface area contributed by atoms with E-state index in [1.165, 1.54) is 0 Å². The Morgan fingerprint density at radius 1 is 1.07 bits per heavy atom. The fourth-order valence-corrected chi connectivity index (χ4v) is 3.45. The maximum atomic E-state index is 4.66. The first kappa shape index (κ1) is 20.1. The number of nitrogens with one attached hydrogen (secondary N) is 2. The third-order valence-electron chi connectivity index (χ3n) is 4.97. The van der Waals surface area contributed by atoms with Gasteiger partial charge in [0, 0.05) is 44.0 Å². The van der Waals surface area contributed by atoms with Gasteiger partial charge < -0.3 is 9.88 Å². The molecule has 0 saturated carbocycles. The summed E-state index contributed by atoms with van der Waals surface area (Å²) in [5, 5.41) is 6.70. The SMILES string of the molecule is Cc1cnc(Nc2nc3ccccc3n2C)nc1NCCN(C(C)C)C(C)C. The van der Waals surface area contributed by atoms with E-state index >= 15 is 0 Å². The van der Waals surface area contributed by atoms with Gasteiger partial charge >= 0.3 is 0 Å². The van der Waals surface area contributed by atoms with Crippen LogP contribution < -0.4 is 10.6 Å². The van der Waals surface area contributed by atoms with Crippen LogP contribution in [0.15, 0.2) is 30.5 Å². The molecule has 7 nitrogen and oxygen atoms in total. The molecule has 0 bridgehead atoms. The quantitative estimate of drug-likeness (QED) is 0.616. The molecule has 2 heterocycles. The van der Waals surface area contributed by atoms with Gasteiger partial charge in [0.25, 0.3) is 0 Å². The number of aromatic nitrogens is 4. The second-order valence-electron chi connectivity index (χ2n) is 7.69. The Morgan fingerprint density at radius 2 is 1.79 bits per heavy atom. The van der Waals surface area contributed by atoms with Crippen LogP contribution in [0.2, 0.25) is 0 Å². The summed E-state index contributed by atoms with van der Waals surface area (Å²) < 4.78 is 2.01. The van der Waals surface area contributed by atoms with Crippen LogP contribution in [0.5, 0.6) is 0 Å². The Hall–Kier alpha value is -2.67. The molecule has 0 aliphatic heterocycles. The average molecular weight is 382 g/mol. The number of imidazole rings is 1. The number of anilines is 3. The molecule has 3 rings (SSSR count). The van der Waals surface area contributed by atoms with Crippen LogP contribution in [0.3, 0.4) is 0 Å². The molecule has 2 aromatic heterocycles. The molecule has 28 heavy (non-hydrogen) atoms. The zero-order valence-corrected chi connectivity index (χ0v) is 17.7. The van der Waals surface area contributed by atoms with Crippen molar-refractivity contribution in [2.75, 3.05) is 23.7 Å². The van der Waals surface area contributed by atoms with Gasteiger partial charge in [0.1, 0.15) is 5.82 Å². The Morgan fingerprint density at radius 3 is 2.46 bits per heavy atom. The monoisotopic (exact) mass is 381 g/mol. The van der Waals surface area contributed by atoms with Crippen molar-refractivity contribution in [3.8, 4) is 0 Å².